The Morgan fingerprint density at radius 2 is 2.00 bits per heavy atom. The summed E-state index contributed by atoms with van der Waals surface area (Å²) in [5, 5.41) is 8.53. The molecule has 0 aliphatic heterocycles. The van der Waals surface area contributed by atoms with Crippen LogP contribution in [0.25, 0.3) is 6.08 Å². The molecular formula is C15H19NO3. The van der Waals surface area contributed by atoms with Crippen molar-refractivity contribution in [2.24, 2.45) is 0 Å². The molecule has 1 aromatic rings. The van der Waals surface area contributed by atoms with E-state index in [1.54, 1.807) is 12.3 Å². The summed E-state index contributed by atoms with van der Waals surface area (Å²) in [5.41, 5.74) is 0.621. The maximum absolute atomic E-state index is 10.4. The van der Waals surface area contributed by atoms with Crippen LogP contribution in [0.1, 0.15) is 44.2 Å². The fourth-order valence-corrected chi connectivity index (χ4v) is 2.27. The van der Waals surface area contributed by atoms with E-state index in [1.165, 1.54) is 31.8 Å². The van der Waals surface area contributed by atoms with Crippen LogP contribution in [-0.4, -0.2) is 22.2 Å². The lowest BCUT2D eigenvalue weighted by Crippen LogP contribution is -2.15. The maximum Gasteiger partial charge on any atom is 0.328 e. The lowest BCUT2D eigenvalue weighted by Gasteiger charge is -2.16. The zero-order valence-electron chi connectivity index (χ0n) is 10.9. The van der Waals surface area contributed by atoms with Crippen LogP contribution in [0, 0.1) is 0 Å². The number of aromatic nitrogens is 1. The van der Waals surface area contributed by atoms with E-state index in [2.05, 4.69) is 4.98 Å². The van der Waals surface area contributed by atoms with Crippen molar-refractivity contribution in [1.29, 1.82) is 0 Å². The summed E-state index contributed by atoms with van der Waals surface area (Å²) in [7, 11) is 0. The van der Waals surface area contributed by atoms with Gasteiger partial charge in [0.2, 0.25) is 0 Å². The normalized spacial score (nSPS) is 17.3. The summed E-state index contributed by atoms with van der Waals surface area (Å²) in [6.07, 6.45) is 11.8. The van der Waals surface area contributed by atoms with Crippen molar-refractivity contribution >= 4 is 12.0 Å². The molecule has 0 radical (unpaired) electrons. The van der Waals surface area contributed by atoms with Crippen LogP contribution in [0.15, 0.2) is 24.4 Å². The quantitative estimate of drug-likeness (QED) is 0.667. The predicted molar refractivity (Wildman–Crippen MR) is 73.0 cm³/mol. The van der Waals surface area contributed by atoms with Gasteiger partial charge in [-0.1, -0.05) is 12.8 Å². The molecule has 1 saturated carbocycles. The first-order valence-electron chi connectivity index (χ1n) is 6.78. The monoisotopic (exact) mass is 261 g/mol. The molecule has 1 aromatic heterocycles. The second-order valence-corrected chi connectivity index (χ2v) is 4.82. The molecule has 0 spiro atoms. The average molecular weight is 261 g/mol. The molecule has 1 aliphatic rings. The van der Waals surface area contributed by atoms with E-state index in [4.69, 9.17) is 9.84 Å². The highest BCUT2D eigenvalue weighted by Crippen LogP contribution is 2.22. The fourth-order valence-electron chi connectivity index (χ4n) is 2.27. The van der Waals surface area contributed by atoms with Crippen molar-refractivity contribution < 1.29 is 14.6 Å². The van der Waals surface area contributed by atoms with E-state index in [9.17, 15) is 4.79 Å². The van der Waals surface area contributed by atoms with Crippen LogP contribution >= 0.6 is 0 Å². The van der Waals surface area contributed by atoms with Gasteiger partial charge in [-0.05, 0) is 43.9 Å². The molecule has 4 heteroatoms. The number of rotatable bonds is 4. The largest absolute Gasteiger partial charge is 0.489 e. The van der Waals surface area contributed by atoms with Crippen molar-refractivity contribution in [3.63, 3.8) is 0 Å². The van der Waals surface area contributed by atoms with Crippen molar-refractivity contribution in [2.75, 3.05) is 0 Å². The van der Waals surface area contributed by atoms with Gasteiger partial charge in [-0.2, -0.15) is 0 Å². The van der Waals surface area contributed by atoms with E-state index in [1.807, 2.05) is 6.07 Å². The standard InChI is InChI=1S/C15H19NO3/c17-15(18)10-8-12-7-9-14(11-16-12)19-13-5-3-1-2-4-6-13/h7-11,13H,1-6H2,(H,17,18)/b10-8+. The molecule has 0 unspecified atom stereocenters. The SMILES string of the molecule is O=C(O)/C=C/c1ccc(OC2CCCCCC2)cn1. The Bertz CT molecular complexity index is 431. The van der Waals surface area contributed by atoms with Crippen LogP contribution in [0.4, 0.5) is 0 Å². The minimum Gasteiger partial charge on any atom is -0.489 e. The van der Waals surface area contributed by atoms with Crippen LogP contribution in [0.5, 0.6) is 5.75 Å². The van der Waals surface area contributed by atoms with Crippen molar-refractivity contribution in [2.45, 2.75) is 44.6 Å². The zero-order chi connectivity index (χ0) is 13.5. The molecule has 0 aromatic carbocycles. The van der Waals surface area contributed by atoms with Gasteiger partial charge < -0.3 is 9.84 Å². The topological polar surface area (TPSA) is 59.4 Å². The highest BCUT2D eigenvalue weighted by molar-refractivity contribution is 5.84. The number of carbonyl (C=O) groups is 1. The summed E-state index contributed by atoms with van der Waals surface area (Å²) >= 11 is 0. The summed E-state index contributed by atoms with van der Waals surface area (Å²) < 4.78 is 5.91. The summed E-state index contributed by atoms with van der Waals surface area (Å²) in [4.78, 5) is 14.6. The van der Waals surface area contributed by atoms with Crippen LogP contribution in [0.3, 0.4) is 0 Å². The second kappa shape index (κ2) is 6.92. The van der Waals surface area contributed by atoms with E-state index < -0.39 is 5.97 Å². The molecule has 1 N–H and O–H groups in total. The Labute approximate surface area is 113 Å². The van der Waals surface area contributed by atoms with Gasteiger partial charge in [0, 0.05) is 6.08 Å². The number of aliphatic carboxylic acids is 1. The first-order valence-corrected chi connectivity index (χ1v) is 6.78. The highest BCUT2D eigenvalue weighted by atomic mass is 16.5. The number of carboxylic acids is 1. The molecule has 19 heavy (non-hydrogen) atoms. The first kappa shape index (κ1) is 13.6. The molecule has 4 nitrogen and oxygen atoms in total. The van der Waals surface area contributed by atoms with Gasteiger partial charge in [-0.3, -0.25) is 4.98 Å². The Hall–Kier alpha value is -1.84. The average Bonchev–Trinajstić information content (AvgIpc) is 2.66. The molecule has 0 bridgehead atoms. The van der Waals surface area contributed by atoms with Gasteiger partial charge in [0.05, 0.1) is 18.0 Å². The number of hydrogen-bond acceptors (Lipinski definition) is 3. The van der Waals surface area contributed by atoms with Gasteiger partial charge in [0.1, 0.15) is 5.75 Å². The predicted octanol–water partition coefficient (Wildman–Crippen LogP) is 3.28. The van der Waals surface area contributed by atoms with E-state index in [-0.39, 0.29) is 0 Å². The molecule has 1 heterocycles. The van der Waals surface area contributed by atoms with Crippen LogP contribution in [-0.2, 0) is 4.79 Å². The third-order valence-corrected chi connectivity index (χ3v) is 3.26. The van der Waals surface area contributed by atoms with E-state index in [0.29, 0.717) is 11.8 Å². The Balaban J connectivity index is 1.92. The summed E-state index contributed by atoms with van der Waals surface area (Å²) in [5.74, 6) is -0.208. The Kier molecular flexibility index (Phi) is 4.95. The Morgan fingerprint density at radius 3 is 2.58 bits per heavy atom. The number of nitrogens with zero attached hydrogens (tertiary/aromatic N) is 1. The van der Waals surface area contributed by atoms with Crippen LogP contribution in [0.2, 0.25) is 0 Å². The number of carboxylic acid groups (broad SMARTS) is 1. The Morgan fingerprint density at radius 1 is 1.26 bits per heavy atom. The number of pyridine rings is 1. The van der Waals surface area contributed by atoms with Crippen molar-refractivity contribution in [3.05, 3.63) is 30.1 Å². The minimum absolute atomic E-state index is 0.296. The first-order chi connectivity index (χ1) is 9.24. The minimum atomic E-state index is -0.972. The van der Waals surface area contributed by atoms with Gasteiger partial charge in [-0.25, -0.2) is 4.79 Å². The maximum atomic E-state index is 10.4. The van der Waals surface area contributed by atoms with Gasteiger partial charge in [-0.15, -0.1) is 0 Å². The molecule has 0 amide bonds. The molecular weight excluding hydrogens is 242 g/mol. The third kappa shape index (κ3) is 4.73. The summed E-state index contributed by atoms with van der Waals surface area (Å²) in [6.45, 7) is 0. The smallest absolute Gasteiger partial charge is 0.328 e. The summed E-state index contributed by atoms with van der Waals surface area (Å²) in [6, 6.07) is 3.62. The van der Waals surface area contributed by atoms with Crippen molar-refractivity contribution in [3.8, 4) is 5.75 Å². The van der Waals surface area contributed by atoms with E-state index in [0.717, 1.165) is 24.7 Å². The van der Waals surface area contributed by atoms with Crippen LogP contribution < -0.4 is 4.74 Å². The molecule has 2 rings (SSSR count). The molecule has 1 aliphatic carbocycles. The second-order valence-electron chi connectivity index (χ2n) is 4.82. The molecule has 102 valence electrons. The van der Waals surface area contributed by atoms with Crippen molar-refractivity contribution in [1.82, 2.24) is 4.98 Å². The number of ether oxygens (including phenoxy) is 1. The lowest BCUT2D eigenvalue weighted by molar-refractivity contribution is -0.131. The number of hydrogen-bond donors (Lipinski definition) is 1. The van der Waals surface area contributed by atoms with Gasteiger partial charge in [0.15, 0.2) is 0 Å². The molecule has 1 fully saturated rings. The molecule has 0 atom stereocenters. The fraction of sp³-hybridized carbons (Fsp3) is 0.467. The van der Waals surface area contributed by atoms with Gasteiger partial charge >= 0.3 is 5.97 Å². The van der Waals surface area contributed by atoms with E-state index >= 15 is 0 Å². The lowest BCUT2D eigenvalue weighted by atomic mass is 10.1. The third-order valence-electron chi connectivity index (χ3n) is 3.26. The molecule has 0 saturated heterocycles. The zero-order valence-corrected chi connectivity index (χ0v) is 10.9. The highest BCUT2D eigenvalue weighted by Gasteiger charge is 2.13. The van der Waals surface area contributed by atoms with Gasteiger partial charge in [0.25, 0.3) is 0 Å².